The normalized spacial score (nSPS) is 23.8. The highest BCUT2D eigenvalue weighted by atomic mass is 32.1. The van der Waals surface area contributed by atoms with Crippen molar-refractivity contribution in [3.8, 4) is 11.8 Å². The van der Waals surface area contributed by atoms with Crippen LogP contribution in [0.5, 0.6) is 5.75 Å². The summed E-state index contributed by atoms with van der Waals surface area (Å²) in [7, 11) is 1.84. The lowest BCUT2D eigenvalue weighted by Crippen LogP contribution is -2.50. The maximum absolute atomic E-state index is 13.8. The third-order valence-corrected chi connectivity index (χ3v) is 7.05. The van der Waals surface area contributed by atoms with Crippen LogP contribution in [0.1, 0.15) is 17.5 Å². The van der Waals surface area contributed by atoms with Crippen LogP contribution in [-0.4, -0.2) is 61.2 Å². The zero-order chi connectivity index (χ0) is 25.8. The zero-order valence-corrected chi connectivity index (χ0v) is 19.9. The third kappa shape index (κ3) is 3.66. The first kappa shape index (κ1) is 24.3. The van der Waals surface area contributed by atoms with E-state index >= 15 is 0 Å². The molecule has 188 valence electrons. The number of alkyl halides is 3. The Kier molecular flexibility index (Phi) is 5.82. The second-order valence-corrected chi connectivity index (χ2v) is 9.25. The molecule has 2 unspecified atom stereocenters. The summed E-state index contributed by atoms with van der Waals surface area (Å²) >= 11 is 5.68. The monoisotopic (exact) mass is 518 g/mol. The molecule has 0 bridgehead atoms. The number of carbonyl (C=O) groups excluding carboxylic acids is 1. The first-order valence-corrected chi connectivity index (χ1v) is 11.5. The van der Waals surface area contributed by atoms with Crippen molar-refractivity contribution in [2.75, 3.05) is 48.1 Å². The lowest BCUT2D eigenvalue weighted by molar-refractivity contribution is -0.137. The van der Waals surface area contributed by atoms with Gasteiger partial charge in [0, 0.05) is 25.8 Å². The number of ether oxygens (including phenoxy) is 2. The molecule has 2 atom stereocenters. The number of amides is 1. The first-order valence-electron chi connectivity index (χ1n) is 11.1. The molecule has 0 saturated carbocycles. The van der Waals surface area contributed by atoms with Gasteiger partial charge in [-0.3, -0.25) is 9.69 Å². The number of carbonyl (C=O) groups is 1. The van der Waals surface area contributed by atoms with E-state index in [-0.39, 0.29) is 36.7 Å². The molecule has 0 aromatic heterocycles. The van der Waals surface area contributed by atoms with Crippen LogP contribution in [0, 0.1) is 11.3 Å². The van der Waals surface area contributed by atoms with E-state index in [9.17, 15) is 23.1 Å². The number of thiocarbonyl (C=S) groups is 1. The summed E-state index contributed by atoms with van der Waals surface area (Å²) in [5, 5.41) is 18.6. The van der Waals surface area contributed by atoms with E-state index in [1.54, 1.807) is 29.2 Å². The van der Waals surface area contributed by atoms with Crippen molar-refractivity contribution in [1.82, 2.24) is 0 Å². The summed E-state index contributed by atoms with van der Waals surface area (Å²) in [5.74, 6) is 0.0592. The van der Waals surface area contributed by atoms with Gasteiger partial charge in [0.1, 0.15) is 11.9 Å². The average molecular weight is 519 g/mol. The number of nitriles is 1. The molecule has 0 aliphatic carbocycles. The molecule has 2 aromatic rings. The molecule has 1 N–H and O–H groups in total. The van der Waals surface area contributed by atoms with Gasteiger partial charge in [-0.1, -0.05) is 0 Å². The molecule has 0 radical (unpaired) electrons. The first-order chi connectivity index (χ1) is 17.1. The number of aliphatic hydroxyl groups is 1. The van der Waals surface area contributed by atoms with Crippen LogP contribution < -0.4 is 19.4 Å². The van der Waals surface area contributed by atoms with Crippen molar-refractivity contribution in [2.24, 2.45) is 0 Å². The van der Waals surface area contributed by atoms with Gasteiger partial charge >= 0.3 is 6.18 Å². The van der Waals surface area contributed by atoms with Crippen LogP contribution in [0.4, 0.5) is 30.2 Å². The second-order valence-electron chi connectivity index (χ2n) is 8.89. The number of benzene rings is 2. The van der Waals surface area contributed by atoms with Crippen molar-refractivity contribution in [2.45, 2.75) is 24.2 Å². The smallest absolute Gasteiger partial charge is 0.417 e. The summed E-state index contributed by atoms with van der Waals surface area (Å²) in [6.07, 6.45) is -4.87. The molecule has 1 amide bonds. The van der Waals surface area contributed by atoms with Crippen molar-refractivity contribution >= 4 is 40.3 Å². The number of aliphatic hydroxyl groups excluding tert-OH is 1. The number of nitrogens with zero attached hydrogens (tertiary/aromatic N) is 4. The van der Waals surface area contributed by atoms with Gasteiger partial charge < -0.3 is 24.4 Å². The van der Waals surface area contributed by atoms with E-state index in [0.29, 0.717) is 24.4 Å². The van der Waals surface area contributed by atoms with E-state index < -0.39 is 28.7 Å². The molecule has 8 nitrogen and oxygen atoms in total. The fraction of sp³-hybridized carbons (Fsp3) is 0.375. The quantitative estimate of drug-likeness (QED) is 0.621. The Morgan fingerprint density at radius 1 is 1.25 bits per heavy atom. The fourth-order valence-electron chi connectivity index (χ4n) is 4.92. The summed E-state index contributed by atoms with van der Waals surface area (Å²) in [5.41, 5.74) is -1.70. The van der Waals surface area contributed by atoms with Gasteiger partial charge in [0.05, 0.1) is 48.3 Å². The predicted octanol–water partition coefficient (Wildman–Crippen LogP) is 3.06. The van der Waals surface area contributed by atoms with E-state index in [2.05, 4.69) is 0 Å². The molecule has 3 aliphatic heterocycles. The van der Waals surface area contributed by atoms with Crippen LogP contribution in [-0.2, 0) is 15.7 Å². The van der Waals surface area contributed by atoms with E-state index in [4.69, 9.17) is 27.0 Å². The average Bonchev–Trinajstić information content (AvgIpc) is 3.41. The lowest BCUT2D eigenvalue weighted by atomic mass is 9.95. The topological polar surface area (TPSA) is 89.3 Å². The van der Waals surface area contributed by atoms with Crippen molar-refractivity contribution in [3.63, 3.8) is 0 Å². The number of anilines is 3. The molecular formula is C24H21F3N4O4S. The molecule has 2 fully saturated rings. The fourth-order valence-corrected chi connectivity index (χ4v) is 5.39. The highest BCUT2D eigenvalue weighted by molar-refractivity contribution is 7.81. The number of likely N-dealkylation sites (N-methyl/N-ethyl adjacent to an activating group) is 1. The Labute approximate surface area is 210 Å². The van der Waals surface area contributed by atoms with Gasteiger partial charge in [-0.15, -0.1) is 0 Å². The van der Waals surface area contributed by atoms with Crippen molar-refractivity contribution < 1.29 is 32.5 Å². The minimum Gasteiger partial charge on any atom is -0.484 e. The molecule has 3 aliphatic rings. The highest BCUT2D eigenvalue weighted by Gasteiger charge is 2.58. The molecule has 36 heavy (non-hydrogen) atoms. The zero-order valence-electron chi connectivity index (χ0n) is 19.1. The number of halogens is 3. The molecular weight excluding hydrogens is 497 g/mol. The predicted molar refractivity (Wildman–Crippen MR) is 128 cm³/mol. The molecule has 5 rings (SSSR count). The molecule has 2 saturated heterocycles. The highest BCUT2D eigenvalue weighted by Crippen LogP contribution is 2.45. The third-order valence-electron chi connectivity index (χ3n) is 6.69. The van der Waals surface area contributed by atoms with Gasteiger partial charge in [0.15, 0.2) is 10.7 Å². The van der Waals surface area contributed by atoms with Gasteiger partial charge in [0.25, 0.3) is 5.91 Å². The minimum atomic E-state index is -4.78. The molecule has 1 spiro atoms. The molecule has 3 heterocycles. The number of rotatable bonds is 3. The van der Waals surface area contributed by atoms with E-state index in [1.807, 2.05) is 11.9 Å². The van der Waals surface area contributed by atoms with Crippen LogP contribution in [0.3, 0.4) is 0 Å². The Hall–Kier alpha value is -3.40. The van der Waals surface area contributed by atoms with Crippen LogP contribution in [0.25, 0.3) is 0 Å². The van der Waals surface area contributed by atoms with Gasteiger partial charge in [-0.05, 0) is 48.6 Å². The Balaban J connectivity index is 1.60. The SMILES string of the molecule is CN1CC(CO)Oc2ccc(N3C(=S)N(c4ccc(C#N)c(C(F)(F)F)c4)C(=O)C34CCOC4)cc21. The largest absolute Gasteiger partial charge is 0.484 e. The maximum atomic E-state index is 13.8. The lowest BCUT2D eigenvalue weighted by Gasteiger charge is -2.36. The number of hydrogen-bond donors (Lipinski definition) is 1. The van der Waals surface area contributed by atoms with E-state index in [0.717, 1.165) is 22.7 Å². The number of fused-ring (bicyclic) bond motifs is 1. The molecule has 12 heteroatoms. The summed E-state index contributed by atoms with van der Waals surface area (Å²) in [6.45, 7) is 0.602. The van der Waals surface area contributed by atoms with Crippen molar-refractivity contribution in [1.29, 1.82) is 5.26 Å². The van der Waals surface area contributed by atoms with Gasteiger partial charge in [0.2, 0.25) is 0 Å². The maximum Gasteiger partial charge on any atom is 0.417 e. The standard InChI is InChI=1S/C24H21F3N4O4S/c1-29-11-17(12-32)35-20-5-4-16(9-19(20)29)31-22(36)30(21(33)23(31)6-7-34-13-23)15-3-2-14(10-28)18(8-15)24(25,26)27/h2-5,8-9,17,32H,6-7,11-13H2,1H3. The Bertz CT molecular complexity index is 1290. The molecule has 2 aromatic carbocycles. The van der Waals surface area contributed by atoms with Crippen LogP contribution in [0.2, 0.25) is 0 Å². The van der Waals surface area contributed by atoms with Gasteiger partial charge in [-0.25, -0.2) is 0 Å². The summed E-state index contributed by atoms with van der Waals surface area (Å²) in [4.78, 5) is 18.4. The number of hydrogen-bond acceptors (Lipinski definition) is 7. The van der Waals surface area contributed by atoms with E-state index in [1.165, 1.54) is 6.07 Å². The Morgan fingerprint density at radius 3 is 2.64 bits per heavy atom. The van der Waals surface area contributed by atoms with Crippen molar-refractivity contribution in [3.05, 3.63) is 47.5 Å². The minimum absolute atomic E-state index is 0.0101. The summed E-state index contributed by atoms with van der Waals surface area (Å²) in [6, 6.07) is 9.88. The van der Waals surface area contributed by atoms with Crippen LogP contribution in [0.15, 0.2) is 36.4 Å². The van der Waals surface area contributed by atoms with Gasteiger partial charge in [-0.2, -0.15) is 18.4 Å². The summed E-state index contributed by atoms with van der Waals surface area (Å²) < 4.78 is 52.3. The van der Waals surface area contributed by atoms with Crippen LogP contribution >= 0.6 is 12.2 Å². The second kappa shape index (κ2) is 8.62. The Morgan fingerprint density at radius 2 is 2.00 bits per heavy atom.